The molecule has 2 aromatic rings. The molecule has 0 saturated carbocycles. The van der Waals surface area contributed by atoms with Gasteiger partial charge in [0.2, 0.25) is 0 Å². The smallest absolute Gasteiger partial charge is 0.0660 e. The zero-order valence-electron chi connectivity index (χ0n) is 9.32. The summed E-state index contributed by atoms with van der Waals surface area (Å²) in [5.74, 6) is 0. The molecule has 0 amide bonds. The average molecular weight is 264 g/mol. The number of aryl methyl sites for hydroxylation is 1. The maximum atomic E-state index is 5.90. The number of nitrogens with zero attached hydrogens (tertiary/aromatic N) is 1. The van der Waals surface area contributed by atoms with Gasteiger partial charge in [0.1, 0.15) is 0 Å². The molecule has 0 N–H and O–H groups in total. The molecule has 17 heavy (non-hydrogen) atoms. The van der Waals surface area contributed by atoms with Crippen LogP contribution in [0.3, 0.4) is 0 Å². The van der Waals surface area contributed by atoms with Crippen molar-refractivity contribution in [2.75, 3.05) is 0 Å². The second-order valence-electron chi connectivity index (χ2n) is 3.74. The third-order valence-corrected chi connectivity index (χ3v) is 2.83. The molecule has 86 valence electrons. The normalized spacial score (nSPS) is 11.0. The predicted octanol–water partition coefficient (Wildman–Crippen LogP) is 5.05. The van der Waals surface area contributed by atoms with E-state index in [4.69, 9.17) is 23.2 Å². The standard InChI is InChI=1S/C14H11Cl2N/c1-10-7-13(16)5-6-14(10)17-9-11-3-2-4-12(15)8-11/h2-9H,1H3. The summed E-state index contributed by atoms with van der Waals surface area (Å²) in [6, 6.07) is 13.2. The van der Waals surface area contributed by atoms with Crippen molar-refractivity contribution in [1.82, 2.24) is 0 Å². The van der Waals surface area contributed by atoms with Gasteiger partial charge in [-0.05, 0) is 48.4 Å². The third kappa shape index (κ3) is 3.32. The summed E-state index contributed by atoms with van der Waals surface area (Å²) >= 11 is 11.8. The van der Waals surface area contributed by atoms with Crippen LogP contribution in [0.1, 0.15) is 11.1 Å². The summed E-state index contributed by atoms with van der Waals surface area (Å²) in [4.78, 5) is 4.42. The number of aliphatic imine (C=N–C) groups is 1. The Morgan fingerprint density at radius 3 is 2.47 bits per heavy atom. The maximum Gasteiger partial charge on any atom is 0.0660 e. The molecule has 0 unspecified atom stereocenters. The molecule has 0 aliphatic carbocycles. The van der Waals surface area contributed by atoms with E-state index < -0.39 is 0 Å². The van der Waals surface area contributed by atoms with Gasteiger partial charge in [-0.25, -0.2) is 0 Å². The van der Waals surface area contributed by atoms with E-state index >= 15 is 0 Å². The van der Waals surface area contributed by atoms with Gasteiger partial charge in [-0.2, -0.15) is 0 Å². The van der Waals surface area contributed by atoms with Crippen molar-refractivity contribution in [2.45, 2.75) is 6.92 Å². The van der Waals surface area contributed by atoms with E-state index in [9.17, 15) is 0 Å². The highest BCUT2D eigenvalue weighted by Crippen LogP contribution is 2.22. The summed E-state index contributed by atoms with van der Waals surface area (Å²) in [6.07, 6.45) is 1.79. The summed E-state index contributed by atoms with van der Waals surface area (Å²) in [5, 5.41) is 1.44. The van der Waals surface area contributed by atoms with Gasteiger partial charge >= 0.3 is 0 Å². The van der Waals surface area contributed by atoms with Gasteiger partial charge in [-0.1, -0.05) is 35.3 Å². The van der Waals surface area contributed by atoms with Crippen LogP contribution in [0.4, 0.5) is 5.69 Å². The van der Waals surface area contributed by atoms with Crippen molar-refractivity contribution in [3.05, 3.63) is 63.6 Å². The van der Waals surface area contributed by atoms with Gasteiger partial charge in [-0.3, -0.25) is 4.99 Å². The van der Waals surface area contributed by atoms with Gasteiger partial charge < -0.3 is 0 Å². The zero-order chi connectivity index (χ0) is 12.3. The van der Waals surface area contributed by atoms with Crippen LogP contribution in [0, 0.1) is 6.92 Å². The van der Waals surface area contributed by atoms with E-state index in [-0.39, 0.29) is 0 Å². The maximum absolute atomic E-state index is 5.90. The SMILES string of the molecule is Cc1cc(Cl)ccc1N=Cc1cccc(Cl)c1. The fourth-order valence-corrected chi connectivity index (χ4v) is 1.92. The van der Waals surface area contributed by atoms with Crippen LogP contribution in [0.25, 0.3) is 0 Å². The van der Waals surface area contributed by atoms with Gasteiger partial charge in [0.25, 0.3) is 0 Å². The highest BCUT2D eigenvalue weighted by molar-refractivity contribution is 6.31. The first-order valence-electron chi connectivity index (χ1n) is 5.21. The van der Waals surface area contributed by atoms with Crippen LogP contribution in [0.5, 0.6) is 0 Å². The van der Waals surface area contributed by atoms with Gasteiger partial charge in [0.15, 0.2) is 0 Å². The summed E-state index contributed by atoms with van der Waals surface area (Å²) < 4.78 is 0. The van der Waals surface area contributed by atoms with Crippen molar-refractivity contribution in [3.8, 4) is 0 Å². The first kappa shape index (κ1) is 12.2. The molecule has 0 atom stereocenters. The van der Waals surface area contributed by atoms with Crippen LogP contribution in [-0.2, 0) is 0 Å². The number of benzene rings is 2. The van der Waals surface area contributed by atoms with Crippen molar-refractivity contribution >= 4 is 35.1 Å². The number of halogens is 2. The minimum absolute atomic E-state index is 0.710. The average Bonchev–Trinajstić information content (AvgIpc) is 2.28. The van der Waals surface area contributed by atoms with Gasteiger partial charge in [0, 0.05) is 16.3 Å². The monoisotopic (exact) mass is 263 g/mol. The molecule has 0 radical (unpaired) electrons. The van der Waals surface area contributed by atoms with Crippen LogP contribution in [-0.4, -0.2) is 6.21 Å². The van der Waals surface area contributed by atoms with Crippen LogP contribution < -0.4 is 0 Å². The summed E-state index contributed by atoms with van der Waals surface area (Å²) in [7, 11) is 0. The van der Waals surface area contributed by atoms with Crippen molar-refractivity contribution in [3.63, 3.8) is 0 Å². The van der Waals surface area contributed by atoms with Crippen LogP contribution in [0.2, 0.25) is 10.0 Å². The first-order valence-corrected chi connectivity index (χ1v) is 5.96. The number of hydrogen-bond donors (Lipinski definition) is 0. The van der Waals surface area contributed by atoms with Gasteiger partial charge in [-0.15, -0.1) is 0 Å². The molecule has 0 spiro atoms. The predicted molar refractivity (Wildman–Crippen MR) is 74.9 cm³/mol. The molecular weight excluding hydrogens is 253 g/mol. The largest absolute Gasteiger partial charge is 0.256 e. The van der Waals surface area contributed by atoms with Gasteiger partial charge in [0.05, 0.1) is 5.69 Å². The highest BCUT2D eigenvalue weighted by atomic mass is 35.5. The molecular formula is C14H11Cl2N. The first-order chi connectivity index (χ1) is 8.15. The third-order valence-electron chi connectivity index (χ3n) is 2.36. The van der Waals surface area contributed by atoms with E-state index in [0.29, 0.717) is 5.02 Å². The Bertz CT molecular complexity index is 562. The van der Waals surface area contributed by atoms with Crippen molar-refractivity contribution in [2.24, 2.45) is 4.99 Å². The lowest BCUT2D eigenvalue weighted by atomic mass is 10.2. The van der Waals surface area contributed by atoms with E-state index in [1.54, 1.807) is 6.21 Å². The molecule has 0 saturated heterocycles. The molecule has 2 rings (SSSR count). The van der Waals surface area contributed by atoms with Crippen molar-refractivity contribution < 1.29 is 0 Å². The Balaban J connectivity index is 2.26. The Morgan fingerprint density at radius 1 is 1.00 bits per heavy atom. The lowest BCUT2D eigenvalue weighted by Crippen LogP contribution is -1.81. The second-order valence-corrected chi connectivity index (χ2v) is 4.62. The Kier molecular flexibility index (Phi) is 3.82. The quantitative estimate of drug-likeness (QED) is 0.673. The summed E-state index contributed by atoms with van der Waals surface area (Å²) in [6.45, 7) is 1.98. The number of hydrogen-bond acceptors (Lipinski definition) is 1. The molecule has 0 aliphatic rings. The minimum Gasteiger partial charge on any atom is -0.256 e. The molecule has 0 aromatic heterocycles. The molecule has 0 bridgehead atoms. The molecule has 0 heterocycles. The Morgan fingerprint density at radius 2 is 1.76 bits per heavy atom. The lowest BCUT2D eigenvalue weighted by molar-refractivity contribution is 1.40. The fraction of sp³-hybridized carbons (Fsp3) is 0.0714. The number of rotatable bonds is 2. The van der Waals surface area contributed by atoms with Crippen molar-refractivity contribution in [1.29, 1.82) is 0 Å². The van der Waals surface area contributed by atoms with E-state index in [1.165, 1.54) is 0 Å². The van der Waals surface area contributed by atoms with Crippen LogP contribution >= 0.6 is 23.2 Å². The Hall–Kier alpha value is -1.31. The highest BCUT2D eigenvalue weighted by Gasteiger charge is 1.96. The molecule has 2 aromatic carbocycles. The van der Waals surface area contributed by atoms with E-state index in [1.807, 2.05) is 49.4 Å². The summed E-state index contributed by atoms with van der Waals surface area (Å²) in [5.41, 5.74) is 2.94. The minimum atomic E-state index is 0.710. The molecule has 3 heteroatoms. The fourth-order valence-electron chi connectivity index (χ4n) is 1.49. The second kappa shape index (κ2) is 5.35. The lowest BCUT2D eigenvalue weighted by Gasteiger charge is -2.00. The topological polar surface area (TPSA) is 12.4 Å². The zero-order valence-corrected chi connectivity index (χ0v) is 10.8. The molecule has 0 aliphatic heterocycles. The molecule has 0 fully saturated rings. The molecule has 1 nitrogen and oxygen atoms in total. The van der Waals surface area contributed by atoms with Crippen LogP contribution in [0.15, 0.2) is 47.5 Å². The van der Waals surface area contributed by atoms with E-state index in [2.05, 4.69) is 4.99 Å². The Labute approximate surface area is 111 Å². The van der Waals surface area contributed by atoms with E-state index in [0.717, 1.165) is 21.8 Å².